The fraction of sp³-hybridized carbons (Fsp3) is 0.950. The number of likely N-dealkylation sites (N-methyl/N-ethyl adjacent to an activating group) is 1. The Kier molecular flexibility index (Phi) is 33.9. The number of aliphatic carboxylic acids is 1. The van der Waals surface area contributed by atoms with E-state index in [9.17, 15) is 122 Å². The summed E-state index contributed by atoms with van der Waals surface area (Å²) < 4.78 is 93.7. The van der Waals surface area contributed by atoms with Crippen molar-refractivity contribution in [2.75, 3.05) is 89.5 Å². The summed E-state index contributed by atoms with van der Waals surface area (Å²) >= 11 is 1.89. The van der Waals surface area contributed by atoms with Gasteiger partial charge in [0.15, 0.2) is 44.0 Å². The van der Waals surface area contributed by atoms with Gasteiger partial charge in [-0.05, 0) is 20.9 Å². The van der Waals surface area contributed by atoms with Gasteiger partial charge < -0.3 is 188 Å². The predicted molar refractivity (Wildman–Crippen MR) is 336 cm³/mol. The number of ketones is 2. The second-order valence-electron chi connectivity index (χ2n) is 26.2. The molecule has 103 heavy (non-hydrogen) atoms. The first-order valence-electron chi connectivity index (χ1n) is 33.7. The van der Waals surface area contributed by atoms with Gasteiger partial charge in [0.25, 0.3) is 0 Å². The van der Waals surface area contributed by atoms with Crippen molar-refractivity contribution in [3.05, 3.63) is 0 Å². The van der Waals surface area contributed by atoms with Crippen LogP contribution in [0.1, 0.15) is 33.1 Å². The summed E-state index contributed by atoms with van der Waals surface area (Å²) in [6, 6.07) is -0.543. The number of carbonyl (C=O) groups is 3. The van der Waals surface area contributed by atoms with Crippen LogP contribution in [0, 0.1) is 5.92 Å². The lowest BCUT2D eigenvalue weighted by Crippen LogP contribution is -2.68. The molecule has 21 aliphatic heterocycles. The van der Waals surface area contributed by atoms with Gasteiger partial charge in [-0.25, -0.2) is 0 Å². The van der Waals surface area contributed by atoms with Crippen molar-refractivity contribution >= 4 is 41.1 Å². The Labute approximate surface area is 597 Å². The first-order chi connectivity index (χ1) is 49.0. The monoisotopic (exact) mass is 1540 g/mol. The van der Waals surface area contributed by atoms with Crippen molar-refractivity contribution in [2.24, 2.45) is 5.92 Å². The summed E-state index contributed by atoms with van der Waals surface area (Å²) in [7, 11) is 1.57. The number of carboxylic acid groups (broad SMARTS) is 1. The number of Topliss-reactive ketones (excluding diaryl/α,β-unsaturated/α-hetero) is 2. The van der Waals surface area contributed by atoms with Crippen LogP contribution >= 0.6 is 23.5 Å². The largest absolute Gasteiger partial charge is 0.481 e. The molecule has 21 fully saturated rings. The molecule has 0 radical (unpaired) electrons. The highest BCUT2D eigenvalue weighted by Gasteiger charge is 2.60. The summed E-state index contributed by atoms with van der Waals surface area (Å²) in [4.78, 5) is 36.8. The minimum Gasteiger partial charge on any atom is -0.481 e. The Balaban J connectivity index is 1.08. The van der Waals surface area contributed by atoms with Gasteiger partial charge in [0.1, 0.15) is 170 Å². The van der Waals surface area contributed by atoms with E-state index < -0.39 is 290 Å². The second-order valence-corrected chi connectivity index (χ2v) is 28.4. The second kappa shape index (κ2) is 40.3. The molecule has 21 heterocycles. The van der Waals surface area contributed by atoms with Crippen molar-refractivity contribution in [1.29, 1.82) is 0 Å². The summed E-state index contributed by atoms with van der Waals surface area (Å²) in [5.74, 6) is -4.25. The molecule has 38 atom stereocenters. The predicted octanol–water partition coefficient (Wildman–Crippen LogP) is -12.7. The van der Waals surface area contributed by atoms with Crippen molar-refractivity contribution in [3.63, 3.8) is 0 Å². The van der Waals surface area contributed by atoms with Crippen molar-refractivity contribution in [3.8, 4) is 0 Å². The first kappa shape index (κ1) is 86.6. The molecule has 0 aromatic heterocycles. The number of hydrogen-bond donors (Lipinski definition) is 22. The van der Waals surface area contributed by atoms with Crippen molar-refractivity contribution in [1.82, 2.24) is 5.32 Å². The van der Waals surface area contributed by atoms with E-state index in [1.807, 2.05) is 0 Å². The van der Waals surface area contributed by atoms with Crippen LogP contribution in [0.15, 0.2) is 0 Å². The van der Waals surface area contributed by atoms with Crippen LogP contribution in [-0.4, -0.2) is 441 Å². The van der Waals surface area contributed by atoms with E-state index in [0.29, 0.717) is 0 Å². The van der Waals surface area contributed by atoms with E-state index in [2.05, 4.69) is 5.32 Å². The summed E-state index contributed by atoms with van der Waals surface area (Å²) in [5.41, 5.74) is 0. The van der Waals surface area contributed by atoms with Gasteiger partial charge in [-0.2, -0.15) is 23.5 Å². The SMILES string of the molecule is CN[C@H](CSCC1O[C@H]2O[C@H]3C(CO)O[C@H](O[C@@H]4C(CO)O[C@H](O[C@@H]5C(CO)O[C@H](O[C@@H]6C(CSC[C@@H](CC(=O)CCOCCOCCC(C)=O)C(=O)O)O[C@H](O[C@@H]7C(CO)O[C@H](O[C@@H]8C(CO)O[C@H](O[C@H]1[C@H](O)C2O)C(O)[C@H]8O)C(O)[C@H]7O)C(O)[C@H]6O)C(O)[C@H]5O)C(O)[C@H]4O)C(O)[C@H]3O)C(C)O. The maximum Gasteiger partial charge on any atom is 0.307 e. The van der Waals surface area contributed by atoms with Crippen LogP contribution in [0.2, 0.25) is 0 Å². The molecule has 21 rings (SSSR count). The van der Waals surface area contributed by atoms with Crippen LogP contribution in [0.25, 0.3) is 0 Å². The molecular weight excluding hydrogens is 1440 g/mol. The maximum absolute atomic E-state index is 13.0. The number of aliphatic hydroxyl groups is 20. The number of carbonyl (C=O) groups excluding carboxylic acids is 2. The lowest BCUT2D eigenvalue weighted by Gasteiger charge is -2.50. The van der Waals surface area contributed by atoms with Crippen LogP contribution in [-0.2, 0) is 90.2 Å². The molecule has 0 saturated carbocycles. The molecule has 15 unspecified atom stereocenters. The molecule has 21 aliphatic rings. The molecule has 0 spiro atoms. The molecule has 14 bridgehead atoms. The van der Waals surface area contributed by atoms with Crippen LogP contribution in [0.4, 0.5) is 0 Å². The average Bonchev–Trinajstić information content (AvgIpc) is 0.785. The van der Waals surface area contributed by atoms with E-state index in [0.717, 1.165) is 23.5 Å². The highest BCUT2D eigenvalue weighted by atomic mass is 32.2. The van der Waals surface area contributed by atoms with Crippen LogP contribution in [0.3, 0.4) is 0 Å². The Morgan fingerprint density at radius 2 is 0.631 bits per heavy atom. The third kappa shape index (κ3) is 21.2. The molecule has 41 nitrogen and oxygen atoms in total. The van der Waals surface area contributed by atoms with Gasteiger partial charge >= 0.3 is 5.97 Å². The lowest BCUT2D eigenvalue weighted by atomic mass is 9.95. The van der Waals surface area contributed by atoms with E-state index in [-0.39, 0.29) is 62.3 Å². The van der Waals surface area contributed by atoms with E-state index in [4.69, 9.17) is 75.8 Å². The molecule has 0 aliphatic carbocycles. The van der Waals surface area contributed by atoms with Gasteiger partial charge in [-0.3, -0.25) is 14.4 Å². The maximum atomic E-state index is 13.0. The smallest absolute Gasteiger partial charge is 0.307 e. The number of rotatable bonds is 27. The van der Waals surface area contributed by atoms with Crippen molar-refractivity contribution in [2.45, 2.75) is 260 Å². The molecule has 0 aromatic carbocycles. The fourth-order valence-electron chi connectivity index (χ4n) is 12.8. The lowest BCUT2D eigenvalue weighted by molar-refractivity contribution is -0.395. The van der Waals surface area contributed by atoms with Crippen molar-refractivity contribution < 1.29 is 197 Å². The van der Waals surface area contributed by atoms with E-state index >= 15 is 0 Å². The summed E-state index contributed by atoms with van der Waals surface area (Å²) in [5, 5.41) is 241. The van der Waals surface area contributed by atoms with Gasteiger partial charge in [0.2, 0.25) is 0 Å². The number of aliphatic hydroxyl groups excluding tert-OH is 20. The third-order valence-corrected chi connectivity index (χ3v) is 21.2. The number of thioether (sulfide) groups is 2. The topological polar surface area (TPSA) is 636 Å². The van der Waals surface area contributed by atoms with Gasteiger partial charge in [-0.1, -0.05) is 0 Å². The quantitative estimate of drug-likeness (QED) is 0.0340. The van der Waals surface area contributed by atoms with E-state index in [1.165, 1.54) is 13.8 Å². The number of ether oxygens (including phenoxy) is 16. The number of nitrogens with one attached hydrogen (secondary N) is 1. The zero-order valence-corrected chi connectivity index (χ0v) is 57.9. The number of hydrogen-bond acceptors (Lipinski definition) is 42. The number of carboxylic acids is 1. The molecule has 0 amide bonds. The molecule has 22 N–H and O–H groups in total. The summed E-state index contributed by atoms with van der Waals surface area (Å²) in [6.45, 7) is -2.27. The average molecular weight is 1540 g/mol. The molecule has 21 saturated heterocycles. The fourth-order valence-corrected chi connectivity index (χ4v) is 15.3. The zero-order valence-electron chi connectivity index (χ0n) is 56.2. The zero-order chi connectivity index (χ0) is 75.4. The minimum atomic E-state index is -2.30. The Hall–Kier alpha value is -1.97. The van der Waals surface area contributed by atoms with Gasteiger partial charge in [0.05, 0.1) is 83.7 Å². The first-order valence-corrected chi connectivity index (χ1v) is 36.0. The molecular formula is C60H101NO40S2. The van der Waals surface area contributed by atoms with Crippen LogP contribution < -0.4 is 5.32 Å². The summed E-state index contributed by atoms with van der Waals surface area (Å²) in [6.07, 6.45) is -72.9. The van der Waals surface area contributed by atoms with Gasteiger partial charge in [0, 0.05) is 48.3 Å². The highest BCUT2D eigenvalue weighted by Crippen LogP contribution is 2.40. The van der Waals surface area contributed by atoms with Gasteiger partial charge in [-0.15, -0.1) is 0 Å². The highest BCUT2D eigenvalue weighted by molar-refractivity contribution is 7.99. The standard InChI is InChI=1S/C60H101NO40S2/c1-20(67)4-6-86-8-9-87-7-5-23(69)10-22(53(84)85)16-102-18-30-51-37(75)44(82)59(93-30)98-49-28(14-65)89-56(40(78)33(49)71)97-48-27(13-64)92-58(43(81)36(48)74)101-52-31(19-103-17-24(61-3)21(2)68)94-60(45(83)38(52)76)99-50-29(15-66)90-55(41(79)34(50)72)95-46-25(11-62)88-54(39(77)32(46)70)96-47-26(12-63)91-57(100-51)42(80)35(47)73/h21-22,24-52,54-66,68,70-83H,4-19H2,1-3H3,(H,84,85)/t21?,22-,24-,25?,26?,27?,28?,29?,30?,31?,32-,33-,34-,35-,36-,37-,38-,39?,40?,41?,42?,43?,44?,45?,46-,47-,48-,49-,50+,51-,52-,54-,55-,56-,57-,58-,59-,60+/m1/s1. The molecule has 43 heteroatoms. The Morgan fingerprint density at radius 1 is 0.379 bits per heavy atom. The third-order valence-electron chi connectivity index (χ3n) is 18.9. The molecule has 598 valence electrons. The minimum absolute atomic E-state index is 0.0698. The normalized spacial score (nSPS) is 45.3. The van der Waals surface area contributed by atoms with E-state index in [1.54, 1.807) is 7.05 Å². The Morgan fingerprint density at radius 3 is 0.874 bits per heavy atom. The van der Waals surface area contributed by atoms with Crippen LogP contribution in [0.5, 0.6) is 0 Å². The molecule has 0 aromatic rings. The Bertz CT molecular complexity index is 2560.